The van der Waals surface area contributed by atoms with Crippen molar-refractivity contribution < 1.29 is 9.59 Å². The monoisotopic (exact) mass is 416 g/mol. The predicted octanol–water partition coefficient (Wildman–Crippen LogP) is 2.26. The number of fused-ring (bicyclic) bond motifs is 1. The van der Waals surface area contributed by atoms with E-state index in [4.69, 9.17) is 0 Å². The first-order valence-electron chi connectivity index (χ1n) is 10.1. The van der Waals surface area contributed by atoms with Crippen LogP contribution < -0.4 is 9.80 Å². The standard InChI is InChI=1S/C18H22N6O2S.C2H6/c1-21(16(25)11-22-7-2-3-8-22)14-5-4-13-6-9-23(15(13)10-14)18(26)17-19-12-20-24(17)27;1-2/h4-5,10,12,27H,2-3,6-9,11H2,1H3;1-2H3. The van der Waals surface area contributed by atoms with Crippen molar-refractivity contribution in [3.8, 4) is 0 Å². The van der Waals surface area contributed by atoms with Gasteiger partial charge in [-0.2, -0.15) is 4.09 Å². The third kappa shape index (κ3) is 4.45. The molecule has 0 aliphatic carbocycles. The van der Waals surface area contributed by atoms with Gasteiger partial charge in [0.15, 0.2) is 0 Å². The van der Waals surface area contributed by atoms with E-state index in [0.717, 1.165) is 49.3 Å². The van der Waals surface area contributed by atoms with Crippen LogP contribution in [0.4, 0.5) is 11.4 Å². The Hall–Kier alpha value is -2.39. The maximum Gasteiger partial charge on any atom is 0.296 e. The average Bonchev–Trinajstić information content (AvgIpc) is 3.49. The van der Waals surface area contributed by atoms with E-state index < -0.39 is 0 Å². The molecule has 1 saturated heterocycles. The quantitative estimate of drug-likeness (QED) is 0.774. The Morgan fingerprint density at radius 3 is 2.55 bits per heavy atom. The van der Waals surface area contributed by atoms with E-state index in [1.54, 1.807) is 16.8 Å². The molecule has 1 aromatic heterocycles. The molecule has 0 saturated carbocycles. The Labute approximate surface area is 177 Å². The van der Waals surface area contributed by atoms with Gasteiger partial charge in [-0.1, -0.05) is 19.9 Å². The molecule has 0 spiro atoms. The minimum atomic E-state index is -0.246. The van der Waals surface area contributed by atoms with Crippen molar-refractivity contribution in [2.45, 2.75) is 33.1 Å². The van der Waals surface area contributed by atoms with Crippen molar-refractivity contribution in [2.24, 2.45) is 0 Å². The van der Waals surface area contributed by atoms with Crippen molar-refractivity contribution >= 4 is 36.0 Å². The van der Waals surface area contributed by atoms with Gasteiger partial charge in [0.2, 0.25) is 11.7 Å². The van der Waals surface area contributed by atoms with E-state index in [-0.39, 0.29) is 17.6 Å². The summed E-state index contributed by atoms with van der Waals surface area (Å²) in [7, 11) is 1.78. The van der Waals surface area contributed by atoms with Gasteiger partial charge in [-0.3, -0.25) is 14.5 Å². The van der Waals surface area contributed by atoms with Crippen LogP contribution in [0.5, 0.6) is 0 Å². The zero-order valence-electron chi connectivity index (χ0n) is 17.2. The molecule has 9 heteroatoms. The van der Waals surface area contributed by atoms with Gasteiger partial charge in [0.25, 0.3) is 5.91 Å². The van der Waals surface area contributed by atoms with Gasteiger partial charge in [0, 0.05) is 25.0 Å². The summed E-state index contributed by atoms with van der Waals surface area (Å²) in [5, 5.41) is 3.85. The lowest BCUT2D eigenvalue weighted by molar-refractivity contribution is -0.119. The van der Waals surface area contributed by atoms with Gasteiger partial charge in [0.05, 0.1) is 6.54 Å². The van der Waals surface area contributed by atoms with E-state index in [0.29, 0.717) is 13.1 Å². The number of thiol groups is 1. The van der Waals surface area contributed by atoms with E-state index in [1.165, 1.54) is 10.4 Å². The second-order valence-corrected chi connectivity index (χ2v) is 7.31. The molecule has 0 radical (unpaired) electrons. The Balaban J connectivity index is 0.00000117. The van der Waals surface area contributed by atoms with Crippen molar-refractivity contribution in [3.63, 3.8) is 0 Å². The van der Waals surface area contributed by atoms with Crippen LogP contribution in [0.25, 0.3) is 0 Å². The number of benzene rings is 1. The van der Waals surface area contributed by atoms with Gasteiger partial charge in [0.1, 0.15) is 6.33 Å². The minimum Gasteiger partial charge on any atom is -0.314 e. The first kappa shape index (κ1) is 21.3. The summed E-state index contributed by atoms with van der Waals surface area (Å²) in [5.74, 6) is -0.0117. The highest BCUT2D eigenvalue weighted by molar-refractivity contribution is 7.78. The molecular formula is C20H28N6O2S. The van der Waals surface area contributed by atoms with Gasteiger partial charge >= 0.3 is 0 Å². The molecule has 2 amide bonds. The number of rotatable bonds is 4. The van der Waals surface area contributed by atoms with Gasteiger partial charge in [-0.05, 0) is 62.9 Å². The fourth-order valence-corrected chi connectivity index (χ4v) is 3.85. The SMILES string of the molecule is CC.CN(C(=O)CN1CCCC1)c1ccc2c(c1)N(C(=O)c1ncnn1S)CC2. The second kappa shape index (κ2) is 9.41. The fraction of sp³-hybridized carbons (Fsp3) is 0.500. The molecule has 1 aromatic carbocycles. The van der Waals surface area contributed by atoms with Gasteiger partial charge in [-0.15, -0.1) is 5.10 Å². The first-order valence-corrected chi connectivity index (χ1v) is 10.5. The molecule has 4 rings (SSSR count). The van der Waals surface area contributed by atoms with E-state index in [2.05, 4.69) is 27.8 Å². The van der Waals surface area contributed by atoms with E-state index in [9.17, 15) is 9.59 Å². The molecule has 1 fully saturated rings. The van der Waals surface area contributed by atoms with Crippen molar-refractivity contribution in [2.75, 3.05) is 43.0 Å². The predicted molar refractivity (Wildman–Crippen MR) is 117 cm³/mol. The third-order valence-corrected chi connectivity index (χ3v) is 5.54. The highest BCUT2D eigenvalue weighted by Crippen LogP contribution is 2.33. The summed E-state index contributed by atoms with van der Waals surface area (Å²) in [4.78, 5) is 34.9. The molecule has 156 valence electrons. The minimum absolute atomic E-state index is 0.0582. The molecule has 0 N–H and O–H groups in total. The summed E-state index contributed by atoms with van der Waals surface area (Å²) in [6.07, 6.45) is 4.39. The molecule has 0 bridgehead atoms. The molecule has 2 aliphatic rings. The number of aromatic nitrogens is 3. The highest BCUT2D eigenvalue weighted by atomic mass is 32.1. The Kier molecular flexibility index (Phi) is 6.92. The number of amides is 2. The Bertz CT molecular complexity index is 878. The zero-order chi connectivity index (χ0) is 21.0. The first-order chi connectivity index (χ1) is 14.0. The van der Waals surface area contributed by atoms with Crippen LogP contribution >= 0.6 is 12.8 Å². The normalized spacial score (nSPS) is 15.7. The zero-order valence-corrected chi connectivity index (χ0v) is 18.1. The third-order valence-electron chi connectivity index (χ3n) is 5.25. The van der Waals surface area contributed by atoms with E-state index >= 15 is 0 Å². The smallest absolute Gasteiger partial charge is 0.296 e. The van der Waals surface area contributed by atoms with Crippen molar-refractivity contribution in [3.05, 3.63) is 35.9 Å². The van der Waals surface area contributed by atoms with Crippen LogP contribution in [-0.4, -0.2) is 64.1 Å². The van der Waals surface area contributed by atoms with Crippen molar-refractivity contribution in [1.82, 2.24) is 19.1 Å². The number of likely N-dealkylation sites (tertiary alicyclic amines) is 1. The van der Waals surface area contributed by atoms with Crippen LogP contribution in [0, 0.1) is 0 Å². The number of likely N-dealkylation sites (N-methyl/N-ethyl adjacent to an activating group) is 1. The molecule has 29 heavy (non-hydrogen) atoms. The van der Waals surface area contributed by atoms with Crippen molar-refractivity contribution in [1.29, 1.82) is 0 Å². The molecule has 3 heterocycles. The molecule has 2 aromatic rings. The molecular weight excluding hydrogens is 388 g/mol. The Morgan fingerprint density at radius 1 is 1.17 bits per heavy atom. The molecule has 8 nitrogen and oxygen atoms in total. The summed E-state index contributed by atoms with van der Waals surface area (Å²) in [5.41, 5.74) is 2.68. The molecule has 2 aliphatic heterocycles. The van der Waals surface area contributed by atoms with Gasteiger partial charge in [-0.25, -0.2) is 4.98 Å². The van der Waals surface area contributed by atoms with Crippen LogP contribution in [0.3, 0.4) is 0 Å². The molecule has 0 unspecified atom stereocenters. The summed E-state index contributed by atoms with van der Waals surface area (Å²) >= 11 is 4.12. The number of hydrogen-bond acceptors (Lipinski definition) is 6. The van der Waals surface area contributed by atoms with Crippen LogP contribution in [0.1, 0.15) is 42.9 Å². The van der Waals surface area contributed by atoms with Crippen LogP contribution in [0.15, 0.2) is 24.5 Å². The summed E-state index contributed by atoms with van der Waals surface area (Å²) in [6, 6.07) is 5.83. The van der Waals surface area contributed by atoms with Crippen LogP contribution in [0.2, 0.25) is 0 Å². The lowest BCUT2D eigenvalue weighted by Gasteiger charge is -2.23. The number of nitrogens with zero attached hydrogens (tertiary/aromatic N) is 6. The Morgan fingerprint density at radius 2 is 1.90 bits per heavy atom. The second-order valence-electron chi connectivity index (χ2n) is 6.93. The maximum absolute atomic E-state index is 12.8. The van der Waals surface area contributed by atoms with Gasteiger partial charge < -0.3 is 9.80 Å². The summed E-state index contributed by atoms with van der Waals surface area (Å²) in [6.45, 7) is 6.97. The summed E-state index contributed by atoms with van der Waals surface area (Å²) < 4.78 is 1.18. The number of anilines is 2. The van der Waals surface area contributed by atoms with Crippen LogP contribution in [-0.2, 0) is 11.2 Å². The number of hydrogen-bond donors (Lipinski definition) is 1. The molecule has 0 atom stereocenters. The topological polar surface area (TPSA) is 74.6 Å². The largest absolute Gasteiger partial charge is 0.314 e. The lowest BCUT2D eigenvalue weighted by Crippen LogP contribution is -2.37. The maximum atomic E-state index is 12.8. The fourth-order valence-electron chi connectivity index (χ4n) is 3.67. The number of carbonyl (C=O) groups excluding carboxylic acids is 2. The lowest BCUT2D eigenvalue weighted by atomic mass is 10.1. The number of carbonyl (C=O) groups is 2. The average molecular weight is 417 g/mol. The highest BCUT2D eigenvalue weighted by Gasteiger charge is 2.29. The van der Waals surface area contributed by atoms with E-state index in [1.807, 2.05) is 32.0 Å².